The van der Waals surface area contributed by atoms with Crippen molar-refractivity contribution >= 4 is 11.6 Å². The summed E-state index contributed by atoms with van der Waals surface area (Å²) >= 11 is 5.83. The van der Waals surface area contributed by atoms with Crippen molar-refractivity contribution in [2.24, 2.45) is 0 Å². The van der Waals surface area contributed by atoms with Crippen LogP contribution in [0.5, 0.6) is 0 Å². The van der Waals surface area contributed by atoms with Crippen molar-refractivity contribution in [1.82, 2.24) is 0 Å². The highest BCUT2D eigenvalue weighted by atomic mass is 35.5. The fourth-order valence-electron chi connectivity index (χ4n) is 1.92. The van der Waals surface area contributed by atoms with E-state index in [9.17, 15) is 4.39 Å². The normalized spacial score (nSPS) is 22.5. The van der Waals surface area contributed by atoms with E-state index in [0.717, 1.165) is 11.1 Å². The van der Waals surface area contributed by atoms with E-state index in [1.807, 2.05) is 24.3 Å². The minimum absolute atomic E-state index is 0.0387. The van der Waals surface area contributed by atoms with E-state index >= 15 is 0 Å². The predicted molar refractivity (Wildman–Crippen MR) is 64.4 cm³/mol. The molecule has 2 unspecified atom stereocenters. The Labute approximate surface area is 104 Å². The van der Waals surface area contributed by atoms with Crippen LogP contribution in [0.2, 0.25) is 5.02 Å². The molecule has 0 aliphatic carbocycles. The van der Waals surface area contributed by atoms with Gasteiger partial charge in [0.05, 0.1) is 0 Å². The predicted octanol–water partition coefficient (Wildman–Crippen LogP) is 4.29. The fraction of sp³-hybridized carbons (Fsp3) is 0.143. The van der Waals surface area contributed by atoms with Gasteiger partial charge in [-0.3, -0.25) is 0 Å². The average molecular weight is 249 g/mol. The van der Waals surface area contributed by atoms with Crippen LogP contribution in [0.4, 0.5) is 4.39 Å². The summed E-state index contributed by atoms with van der Waals surface area (Å²) < 4.78 is 18.4. The van der Waals surface area contributed by atoms with Gasteiger partial charge in [0.1, 0.15) is 18.0 Å². The summed E-state index contributed by atoms with van der Waals surface area (Å²) in [5, 5.41) is 0.715. The Bertz CT molecular complexity index is 471. The van der Waals surface area contributed by atoms with Gasteiger partial charge in [0, 0.05) is 5.02 Å². The maximum atomic E-state index is 12.8. The van der Waals surface area contributed by atoms with E-state index in [0.29, 0.717) is 5.02 Å². The molecule has 1 aliphatic rings. The minimum Gasteiger partial charge on any atom is -0.359 e. The number of hydrogen-bond donors (Lipinski definition) is 0. The molecule has 0 bridgehead atoms. The second kappa shape index (κ2) is 4.13. The molecule has 0 aromatic heterocycles. The molecular weight excluding hydrogens is 239 g/mol. The van der Waals surface area contributed by atoms with Crippen LogP contribution in [0.1, 0.15) is 23.3 Å². The summed E-state index contributed by atoms with van der Waals surface area (Å²) in [4.78, 5) is 0. The van der Waals surface area contributed by atoms with Gasteiger partial charge in [-0.2, -0.15) is 0 Å². The molecule has 1 nitrogen and oxygen atoms in total. The van der Waals surface area contributed by atoms with Gasteiger partial charge >= 0.3 is 0 Å². The molecule has 17 heavy (non-hydrogen) atoms. The van der Waals surface area contributed by atoms with Crippen LogP contribution >= 0.6 is 11.6 Å². The first-order valence-electron chi connectivity index (χ1n) is 5.40. The molecule has 2 aromatic carbocycles. The lowest BCUT2D eigenvalue weighted by molar-refractivity contribution is 0.377. The Kier molecular flexibility index (Phi) is 2.61. The Balaban J connectivity index is 1.78. The topological polar surface area (TPSA) is 12.5 Å². The van der Waals surface area contributed by atoms with Crippen molar-refractivity contribution in [1.29, 1.82) is 0 Å². The van der Waals surface area contributed by atoms with Crippen LogP contribution in [0.25, 0.3) is 0 Å². The molecule has 2 atom stereocenters. The molecule has 1 fully saturated rings. The van der Waals surface area contributed by atoms with Crippen LogP contribution < -0.4 is 0 Å². The van der Waals surface area contributed by atoms with Crippen molar-refractivity contribution in [2.75, 3.05) is 0 Å². The van der Waals surface area contributed by atoms with Gasteiger partial charge in [-0.05, 0) is 35.4 Å². The number of hydrogen-bond acceptors (Lipinski definition) is 1. The summed E-state index contributed by atoms with van der Waals surface area (Å²) in [6.07, 6.45) is 0.106. The molecule has 1 aliphatic heterocycles. The van der Waals surface area contributed by atoms with E-state index in [-0.39, 0.29) is 18.0 Å². The zero-order chi connectivity index (χ0) is 11.8. The first kappa shape index (κ1) is 10.8. The van der Waals surface area contributed by atoms with Crippen molar-refractivity contribution in [2.45, 2.75) is 12.2 Å². The lowest BCUT2D eigenvalue weighted by Crippen LogP contribution is -1.84. The highest BCUT2D eigenvalue weighted by Gasteiger charge is 2.41. The van der Waals surface area contributed by atoms with Crippen LogP contribution in [-0.2, 0) is 4.74 Å². The molecule has 0 saturated carbocycles. The zero-order valence-electron chi connectivity index (χ0n) is 8.94. The number of halogens is 2. The Morgan fingerprint density at radius 3 is 1.82 bits per heavy atom. The second-order valence-electron chi connectivity index (χ2n) is 4.08. The van der Waals surface area contributed by atoms with Gasteiger partial charge < -0.3 is 4.74 Å². The molecule has 86 valence electrons. The molecule has 0 radical (unpaired) electrons. The molecule has 0 N–H and O–H groups in total. The highest BCUT2D eigenvalue weighted by Crippen LogP contribution is 2.50. The maximum Gasteiger partial charge on any atom is 0.123 e. The molecule has 0 spiro atoms. The monoisotopic (exact) mass is 248 g/mol. The molecule has 0 amide bonds. The number of benzene rings is 2. The van der Waals surface area contributed by atoms with Crippen molar-refractivity contribution in [3.8, 4) is 0 Å². The van der Waals surface area contributed by atoms with Crippen molar-refractivity contribution in [3.05, 3.63) is 70.5 Å². The van der Waals surface area contributed by atoms with E-state index in [2.05, 4.69) is 0 Å². The lowest BCUT2D eigenvalue weighted by Gasteiger charge is -1.97. The molecule has 2 aromatic rings. The quantitative estimate of drug-likeness (QED) is 0.722. The Morgan fingerprint density at radius 1 is 0.824 bits per heavy atom. The minimum atomic E-state index is -0.225. The zero-order valence-corrected chi connectivity index (χ0v) is 9.69. The van der Waals surface area contributed by atoms with Crippen molar-refractivity contribution < 1.29 is 9.13 Å². The standard InChI is InChI=1S/C14H10ClFO/c15-11-5-1-9(2-6-11)13-14(17-13)10-3-7-12(16)8-4-10/h1-8,13-14H. The van der Waals surface area contributed by atoms with Crippen LogP contribution in [0.3, 0.4) is 0 Å². The Morgan fingerprint density at radius 2 is 1.29 bits per heavy atom. The molecule has 1 saturated heterocycles. The summed E-state index contributed by atoms with van der Waals surface area (Å²) in [6, 6.07) is 14.0. The SMILES string of the molecule is Fc1ccc(C2OC2c2ccc(Cl)cc2)cc1. The van der Waals surface area contributed by atoms with Gasteiger partial charge in [0.2, 0.25) is 0 Å². The number of ether oxygens (including phenoxy) is 1. The molecular formula is C14H10ClFO. The summed E-state index contributed by atoms with van der Waals surface area (Å²) in [6.45, 7) is 0. The Hall–Kier alpha value is -1.38. The first-order valence-corrected chi connectivity index (χ1v) is 5.78. The molecule has 1 heterocycles. The van der Waals surface area contributed by atoms with Gasteiger partial charge in [0.15, 0.2) is 0 Å². The van der Waals surface area contributed by atoms with Gasteiger partial charge in [0.25, 0.3) is 0 Å². The van der Waals surface area contributed by atoms with Crippen LogP contribution in [-0.4, -0.2) is 0 Å². The highest BCUT2D eigenvalue weighted by molar-refractivity contribution is 6.30. The van der Waals surface area contributed by atoms with E-state index in [1.54, 1.807) is 12.1 Å². The van der Waals surface area contributed by atoms with Gasteiger partial charge in [-0.15, -0.1) is 0 Å². The average Bonchev–Trinajstić information content (AvgIpc) is 3.11. The maximum absolute atomic E-state index is 12.8. The molecule has 3 rings (SSSR count). The third-order valence-electron chi connectivity index (χ3n) is 2.89. The number of rotatable bonds is 2. The van der Waals surface area contributed by atoms with Crippen LogP contribution in [0.15, 0.2) is 48.5 Å². The largest absolute Gasteiger partial charge is 0.359 e. The van der Waals surface area contributed by atoms with Crippen LogP contribution in [0, 0.1) is 5.82 Å². The van der Waals surface area contributed by atoms with Gasteiger partial charge in [-0.1, -0.05) is 35.9 Å². The van der Waals surface area contributed by atoms with Gasteiger partial charge in [-0.25, -0.2) is 4.39 Å². The fourth-order valence-corrected chi connectivity index (χ4v) is 2.05. The van der Waals surface area contributed by atoms with Crippen molar-refractivity contribution in [3.63, 3.8) is 0 Å². The summed E-state index contributed by atoms with van der Waals surface area (Å²) in [5.74, 6) is -0.225. The van der Waals surface area contributed by atoms with E-state index in [4.69, 9.17) is 16.3 Å². The first-order chi connectivity index (χ1) is 8.24. The number of epoxide rings is 1. The summed E-state index contributed by atoms with van der Waals surface area (Å²) in [7, 11) is 0. The summed E-state index contributed by atoms with van der Waals surface area (Å²) in [5.41, 5.74) is 2.11. The smallest absolute Gasteiger partial charge is 0.123 e. The van der Waals surface area contributed by atoms with E-state index in [1.165, 1.54) is 12.1 Å². The lowest BCUT2D eigenvalue weighted by atomic mass is 10.0. The van der Waals surface area contributed by atoms with E-state index < -0.39 is 0 Å². The third-order valence-corrected chi connectivity index (χ3v) is 3.14. The third kappa shape index (κ3) is 2.19. The molecule has 3 heteroatoms. The second-order valence-corrected chi connectivity index (χ2v) is 4.52.